The Kier molecular flexibility index (Phi) is 4.35. The van der Waals surface area contributed by atoms with Crippen LogP contribution in [-0.4, -0.2) is 32.9 Å². The first kappa shape index (κ1) is 16.6. The van der Waals surface area contributed by atoms with Gasteiger partial charge in [0, 0.05) is 29.4 Å². The number of aliphatic carboxylic acids is 1. The second-order valence-electron chi connectivity index (χ2n) is 6.92. The van der Waals surface area contributed by atoms with Crippen LogP contribution in [-0.2, 0) is 16.0 Å². The third kappa shape index (κ3) is 2.68. The van der Waals surface area contributed by atoms with Crippen LogP contribution >= 0.6 is 0 Å². The van der Waals surface area contributed by atoms with E-state index >= 15 is 0 Å². The number of aromatic amines is 1. The first-order valence-corrected chi connectivity index (χ1v) is 8.57. The third-order valence-corrected chi connectivity index (χ3v) is 4.82. The first-order valence-electron chi connectivity index (χ1n) is 8.57. The fraction of sp³-hybridized carbons (Fsp3) is 0.474. The van der Waals surface area contributed by atoms with Gasteiger partial charge in [0.1, 0.15) is 6.04 Å². The molecular formula is C19H24N2O3. The molecule has 0 aliphatic carbocycles. The van der Waals surface area contributed by atoms with Gasteiger partial charge in [0.05, 0.1) is 6.04 Å². The van der Waals surface area contributed by atoms with Crippen molar-refractivity contribution in [3.63, 3.8) is 0 Å². The van der Waals surface area contributed by atoms with Gasteiger partial charge >= 0.3 is 5.97 Å². The minimum Gasteiger partial charge on any atom is -0.480 e. The zero-order chi connectivity index (χ0) is 17.4. The fourth-order valence-electron chi connectivity index (χ4n) is 3.79. The molecule has 0 fully saturated rings. The van der Waals surface area contributed by atoms with E-state index in [0.29, 0.717) is 18.8 Å². The molecule has 1 aliphatic heterocycles. The highest BCUT2D eigenvalue weighted by Crippen LogP contribution is 2.40. The molecule has 1 amide bonds. The zero-order valence-corrected chi connectivity index (χ0v) is 14.4. The highest BCUT2D eigenvalue weighted by atomic mass is 16.4. The summed E-state index contributed by atoms with van der Waals surface area (Å²) in [6, 6.07) is 6.94. The largest absolute Gasteiger partial charge is 0.480 e. The van der Waals surface area contributed by atoms with Gasteiger partial charge in [-0.3, -0.25) is 4.79 Å². The average Bonchev–Trinajstić information content (AvgIpc) is 2.92. The number of carbonyl (C=O) groups is 2. The average molecular weight is 328 g/mol. The number of carboxylic acid groups (broad SMARTS) is 1. The molecular weight excluding hydrogens is 304 g/mol. The molecule has 0 saturated heterocycles. The van der Waals surface area contributed by atoms with Crippen LogP contribution in [0.15, 0.2) is 24.3 Å². The number of aromatic nitrogens is 1. The maximum Gasteiger partial charge on any atom is 0.326 e. The van der Waals surface area contributed by atoms with Crippen molar-refractivity contribution in [2.75, 3.05) is 0 Å². The Morgan fingerprint density at radius 2 is 2.04 bits per heavy atom. The molecule has 1 aromatic heterocycles. The minimum absolute atomic E-state index is 0.0997. The quantitative estimate of drug-likeness (QED) is 0.902. The number of carboxylic acids is 1. The number of rotatable bonds is 4. The lowest BCUT2D eigenvalue weighted by molar-refractivity contribution is -0.153. The highest BCUT2D eigenvalue weighted by Gasteiger charge is 2.42. The molecule has 3 rings (SSSR count). The molecule has 1 aliphatic rings. The Labute approximate surface area is 141 Å². The maximum absolute atomic E-state index is 12.5. The van der Waals surface area contributed by atoms with Crippen molar-refractivity contribution < 1.29 is 14.7 Å². The number of benzene rings is 1. The topological polar surface area (TPSA) is 73.4 Å². The van der Waals surface area contributed by atoms with E-state index in [9.17, 15) is 14.7 Å². The van der Waals surface area contributed by atoms with Gasteiger partial charge in [0.2, 0.25) is 5.91 Å². The molecule has 1 aromatic carbocycles. The summed E-state index contributed by atoms with van der Waals surface area (Å²) in [4.78, 5) is 29.5. The Bertz CT molecular complexity index is 778. The second kappa shape index (κ2) is 6.30. The summed E-state index contributed by atoms with van der Waals surface area (Å²) in [5, 5.41) is 10.8. The van der Waals surface area contributed by atoms with Gasteiger partial charge in [-0.2, -0.15) is 0 Å². The normalized spacial score (nSPS) is 20.4. The highest BCUT2D eigenvalue weighted by molar-refractivity contribution is 5.89. The molecule has 2 N–H and O–H groups in total. The van der Waals surface area contributed by atoms with Gasteiger partial charge in [0.15, 0.2) is 0 Å². The summed E-state index contributed by atoms with van der Waals surface area (Å²) < 4.78 is 0. The van der Waals surface area contributed by atoms with Crippen molar-refractivity contribution in [2.45, 2.75) is 52.1 Å². The van der Waals surface area contributed by atoms with Crippen molar-refractivity contribution >= 4 is 22.8 Å². The molecule has 0 unspecified atom stereocenters. The molecule has 2 atom stereocenters. The number of H-pyrrole nitrogens is 1. The van der Waals surface area contributed by atoms with E-state index in [1.807, 2.05) is 24.3 Å². The van der Waals surface area contributed by atoms with Crippen LogP contribution in [0.2, 0.25) is 0 Å². The number of para-hydroxylation sites is 1. The van der Waals surface area contributed by atoms with Crippen molar-refractivity contribution in [3.8, 4) is 0 Å². The van der Waals surface area contributed by atoms with Gasteiger partial charge in [-0.05, 0) is 24.0 Å². The lowest BCUT2D eigenvalue weighted by atomic mass is 9.87. The number of hydrogen-bond acceptors (Lipinski definition) is 2. The van der Waals surface area contributed by atoms with Crippen molar-refractivity contribution in [1.82, 2.24) is 9.88 Å². The molecule has 2 aromatic rings. The summed E-state index contributed by atoms with van der Waals surface area (Å²) in [6.45, 7) is 5.98. The predicted molar refractivity (Wildman–Crippen MR) is 92.8 cm³/mol. The summed E-state index contributed by atoms with van der Waals surface area (Å²) in [5.41, 5.74) is 3.05. The summed E-state index contributed by atoms with van der Waals surface area (Å²) in [7, 11) is 0. The lowest BCUT2D eigenvalue weighted by Gasteiger charge is -2.41. The molecule has 0 bridgehead atoms. The van der Waals surface area contributed by atoms with Crippen molar-refractivity contribution in [2.24, 2.45) is 5.92 Å². The Hall–Kier alpha value is -2.30. The lowest BCUT2D eigenvalue weighted by Crippen LogP contribution is -2.51. The minimum atomic E-state index is -0.929. The molecule has 5 nitrogen and oxygen atoms in total. The maximum atomic E-state index is 12.5. The van der Waals surface area contributed by atoms with E-state index in [0.717, 1.165) is 28.6 Å². The number of amides is 1. The standard InChI is InChI=1S/C19H24N2O3/c1-4-17(22)21-15(9-11(2)3)18-13(10-16(21)19(23)24)12-7-5-6-8-14(12)20-18/h5-8,11,15-16,20H,4,9-10H2,1-3H3,(H,23,24)/t15-,16-/m0/s1. The van der Waals surface area contributed by atoms with E-state index in [4.69, 9.17) is 0 Å². The van der Waals surface area contributed by atoms with Gasteiger partial charge < -0.3 is 15.0 Å². The van der Waals surface area contributed by atoms with Crippen molar-refractivity contribution in [1.29, 1.82) is 0 Å². The van der Waals surface area contributed by atoms with E-state index < -0.39 is 12.0 Å². The van der Waals surface area contributed by atoms with Crippen LogP contribution < -0.4 is 0 Å². The summed E-state index contributed by atoms with van der Waals surface area (Å²) >= 11 is 0. The Balaban J connectivity index is 2.19. The van der Waals surface area contributed by atoms with Crippen LogP contribution in [0, 0.1) is 5.92 Å². The summed E-state index contributed by atoms with van der Waals surface area (Å²) in [5.74, 6) is -0.673. The third-order valence-electron chi connectivity index (χ3n) is 4.82. The van der Waals surface area contributed by atoms with Crippen LogP contribution in [0.25, 0.3) is 10.9 Å². The first-order chi connectivity index (χ1) is 11.4. The Morgan fingerprint density at radius 1 is 1.33 bits per heavy atom. The Morgan fingerprint density at radius 3 is 2.67 bits per heavy atom. The van der Waals surface area contributed by atoms with E-state index in [2.05, 4.69) is 18.8 Å². The van der Waals surface area contributed by atoms with Gasteiger partial charge in [-0.25, -0.2) is 4.79 Å². The van der Waals surface area contributed by atoms with Crippen molar-refractivity contribution in [3.05, 3.63) is 35.5 Å². The van der Waals surface area contributed by atoms with Crippen LogP contribution in [0.4, 0.5) is 0 Å². The number of nitrogens with one attached hydrogen (secondary N) is 1. The van der Waals surface area contributed by atoms with Crippen LogP contribution in [0.1, 0.15) is 50.9 Å². The number of carbonyl (C=O) groups excluding carboxylic acids is 1. The number of fused-ring (bicyclic) bond motifs is 3. The zero-order valence-electron chi connectivity index (χ0n) is 14.4. The van der Waals surface area contributed by atoms with Crippen LogP contribution in [0.3, 0.4) is 0 Å². The van der Waals surface area contributed by atoms with E-state index in [1.165, 1.54) is 0 Å². The monoisotopic (exact) mass is 328 g/mol. The van der Waals surface area contributed by atoms with E-state index in [1.54, 1.807) is 11.8 Å². The smallest absolute Gasteiger partial charge is 0.326 e. The molecule has 128 valence electrons. The SMILES string of the molecule is CCC(=O)N1[C@H](C(=O)O)Cc2c([nH]c3ccccc23)[C@@H]1CC(C)C. The molecule has 5 heteroatoms. The van der Waals surface area contributed by atoms with Crippen LogP contribution in [0.5, 0.6) is 0 Å². The van der Waals surface area contributed by atoms with Gasteiger partial charge in [-0.15, -0.1) is 0 Å². The van der Waals surface area contributed by atoms with E-state index in [-0.39, 0.29) is 11.9 Å². The van der Waals surface area contributed by atoms with Gasteiger partial charge in [0.25, 0.3) is 0 Å². The molecule has 0 spiro atoms. The number of hydrogen-bond donors (Lipinski definition) is 2. The summed E-state index contributed by atoms with van der Waals surface area (Å²) in [6.07, 6.45) is 1.41. The molecule has 0 radical (unpaired) electrons. The number of nitrogens with zero attached hydrogens (tertiary/aromatic N) is 1. The van der Waals surface area contributed by atoms with Gasteiger partial charge in [-0.1, -0.05) is 39.0 Å². The predicted octanol–water partition coefficient (Wildman–Crippen LogP) is 3.50. The molecule has 24 heavy (non-hydrogen) atoms. The second-order valence-corrected chi connectivity index (χ2v) is 6.92. The molecule has 0 saturated carbocycles. The molecule has 2 heterocycles. The fourth-order valence-corrected chi connectivity index (χ4v) is 3.79.